The Labute approximate surface area is 173 Å². The lowest BCUT2D eigenvalue weighted by Gasteiger charge is -2.49. The maximum atomic E-state index is 13.1. The summed E-state index contributed by atoms with van der Waals surface area (Å²) < 4.78 is 0. The molecule has 0 unspecified atom stereocenters. The number of hydrogen-bond donors (Lipinski definition) is 2. The summed E-state index contributed by atoms with van der Waals surface area (Å²) in [6.07, 6.45) is 1.23. The largest absolute Gasteiger partial charge is 0.388 e. The number of likely N-dealkylation sites (tertiary alicyclic amines) is 1. The van der Waals surface area contributed by atoms with Crippen molar-refractivity contribution in [3.05, 3.63) is 22.4 Å². The van der Waals surface area contributed by atoms with Gasteiger partial charge in [-0.1, -0.05) is 47.6 Å². The predicted molar refractivity (Wildman–Crippen MR) is 114 cm³/mol. The van der Waals surface area contributed by atoms with Gasteiger partial charge in [0.05, 0.1) is 17.7 Å². The molecule has 2 amide bonds. The van der Waals surface area contributed by atoms with Gasteiger partial charge in [0.15, 0.2) is 0 Å². The molecule has 2 rings (SSSR count). The van der Waals surface area contributed by atoms with Crippen molar-refractivity contribution in [3.8, 4) is 0 Å². The first-order valence-electron chi connectivity index (χ1n) is 10.0. The van der Waals surface area contributed by atoms with Crippen molar-refractivity contribution in [3.63, 3.8) is 0 Å². The van der Waals surface area contributed by atoms with E-state index >= 15 is 0 Å². The van der Waals surface area contributed by atoms with E-state index in [0.717, 1.165) is 4.88 Å². The molecular formula is C22H36N2O3S. The molecule has 0 radical (unpaired) electrons. The van der Waals surface area contributed by atoms with E-state index in [1.54, 1.807) is 18.3 Å². The van der Waals surface area contributed by atoms with Crippen LogP contribution in [-0.2, 0) is 9.59 Å². The van der Waals surface area contributed by atoms with Crippen LogP contribution >= 0.6 is 11.3 Å². The Morgan fingerprint density at radius 3 is 2.32 bits per heavy atom. The van der Waals surface area contributed by atoms with Crippen LogP contribution in [0.4, 0.5) is 0 Å². The first-order chi connectivity index (χ1) is 12.7. The van der Waals surface area contributed by atoms with Crippen molar-refractivity contribution in [2.45, 2.75) is 85.4 Å². The SMILES string of the molecule is CC(C)(C)CC(=O)N[C@H]1[C@H](c2cccs2)N(C(=O)CC(C)(C)C)CC[C@@]1(C)O. The van der Waals surface area contributed by atoms with E-state index in [0.29, 0.717) is 25.8 Å². The van der Waals surface area contributed by atoms with Crippen molar-refractivity contribution in [1.82, 2.24) is 10.2 Å². The smallest absolute Gasteiger partial charge is 0.223 e. The third-order valence-electron chi connectivity index (χ3n) is 5.02. The Kier molecular flexibility index (Phi) is 6.66. The fourth-order valence-corrected chi connectivity index (χ4v) is 4.59. The van der Waals surface area contributed by atoms with Gasteiger partial charge in [0.25, 0.3) is 0 Å². The Bertz CT molecular complexity index is 684. The molecule has 6 heteroatoms. The molecule has 158 valence electrons. The molecular weight excluding hydrogens is 372 g/mol. The zero-order chi connectivity index (χ0) is 21.3. The zero-order valence-electron chi connectivity index (χ0n) is 18.3. The highest BCUT2D eigenvalue weighted by Gasteiger charge is 2.48. The van der Waals surface area contributed by atoms with E-state index in [-0.39, 0.29) is 28.7 Å². The highest BCUT2D eigenvalue weighted by molar-refractivity contribution is 7.10. The average molecular weight is 409 g/mol. The molecule has 0 saturated carbocycles. The van der Waals surface area contributed by atoms with Gasteiger partial charge in [-0.25, -0.2) is 0 Å². The number of piperidine rings is 1. The molecule has 1 aromatic rings. The first-order valence-corrected chi connectivity index (χ1v) is 10.9. The summed E-state index contributed by atoms with van der Waals surface area (Å²) in [5.41, 5.74) is -1.35. The van der Waals surface area contributed by atoms with Gasteiger partial charge in [-0.2, -0.15) is 0 Å². The standard InChI is InChI=1S/C22H36N2O3S/c1-20(2,3)13-16(25)23-19-18(15-9-8-12-28-15)24(11-10-22(19,7)27)17(26)14-21(4,5)6/h8-9,12,18-19,27H,10-11,13-14H2,1-7H3,(H,23,25)/t18-,19-,22+/m0/s1. The predicted octanol–water partition coefficient (Wildman–Crippen LogP) is 4.13. The van der Waals surface area contributed by atoms with E-state index < -0.39 is 11.6 Å². The Morgan fingerprint density at radius 1 is 1.21 bits per heavy atom. The number of nitrogens with one attached hydrogen (secondary N) is 1. The number of carbonyl (C=O) groups excluding carboxylic acids is 2. The number of nitrogens with zero attached hydrogens (tertiary/aromatic N) is 1. The van der Waals surface area contributed by atoms with Gasteiger partial charge in [0.1, 0.15) is 0 Å². The quantitative estimate of drug-likeness (QED) is 0.787. The van der Waals surface area contributed by atoms with E-state index in [1.165, 1.54) is 0 Å². The van der Waals surface area contributed by atoms with Crippen molar-refractivity contribution in [2.75, 3.05) is 6.54 Å². The number of aliphatic hydroxyl groups is 1. The molecule has 2 N–H and O–H groups in total. The first kappa shape index (κ1) is 22.9. The number of thiophene rings is 1. The lowest BCUT2D eigenvalue weighted by atomic mass is 9.80. The van der Waals surface area contributed by atoms with Crippen LogP contribution in [0.1, 0.15) is 78.6 Å². The molecule has 2 heterocycles. The molecule has 0 aromatic carbocycles. The second-order valence-electron chi connectivity index (χ2n) is 10.7. The molecule has 3 atom stereocenters. The Morgan fingerprint density at radius 2 is 1.82 bits per heavy atom. The van der Waals surface area contributed by atoms with E-state index in [1.807, 2.05) is 64.0 Å². The van der Waals surface area contributed by atoms with Gasteiger partial charge in [-0.3, -0.25) is 9.59 Å². The molecule has 0 bridgehead atoms. The number of amides is 2. The summed E-state index contributed by atoms with van der Waals surface area (Å²) in [6.45, 7) is 14.4. The van der Waals surface area contributed by atoms with Crippen LogP contribution in [0.3, 0.4) is 0 Å². The van der Waals surface area contributed by atoms with Gasteiger partial charge in [-0.05, 0) is 35.6 Å². The van der Waals surface area contributed by atoms with Gasteiger partial charge < -0.3 is 15.3 Å². The molecule has 1 aliphatic heterocycles. The molecule has 1 aromatic heterocycles. The summed E-state index contributed by atoms with van der Waals surface area (Å²) in [7, 11) is 0. The monoisotopic (exact) mass is 408 g/mol. The van der Waals surface area contributed by atoms with Gasteiger partial charge >= 0.3 is 0 Å². The minimum Gasteiger partial charge on any atom is -0.388 e. The fraction of sp³-hybridized carbons (Fsp3) is 0.727. The number of hydrogen-bond acceptors (Lipinski definition) is 4. The van der Waals surface area contributed by atoms with Gasteiger partial charge in [0.2, 0.25) is 11.8 Å². The van der Waals surface area contributed by atoms with Crippen molar-refractivity contribution in [1.29, 1.82) is 0 Å². The minimum atomic E-state index is -1.08. The molecule has 5 nitrogen and oxygen atoms in total. The normalized spacial score (nSPS) is 26.2. The van der Waals surface area contributed by atoms with E-state index in [2.05, 4.69) is 5.32 Å². The lowest BCUT2D eigenvalue weighted by molar-refractivity contribution is -0.147. The average Bonchev–Trinajstić information content (AvgIpc) is 2.99. The van der Waals surface area contributed by atoms with Crippen molar-refractivity contribution < 1.29 is 14.7 Å². The molecule has 0 spiro atoms. The second kappa shape index (κ2) is 8.15. The summed E-state index contributed by atoms with van der Waals surface area (Å²) in [6, 6.07) is 3.03. The Balaban J connectivity index is 2.36. The van der Waals surface area contributed by atoms with Crippen LogP contribution in [0.25, 0.3) is 0 Å². The van der Waals surface area contributed by atoms with Crippen LogP contribution in [0.2, 0.25) is 0 Å². The number of carbonyl (C=O) groups is 2. The van der Waals surface area contributed by atoms with Crippen LogP contribution in [-0.4, -0.2) is 40.0 Å². The van der Waals surface area contributed by atoms with Crippen LogP contribution < -0.4 is 5.32 Å². The van der Waals surface area contributed by atoms with Crippen molar-refractivity contribution in [2.24, 2.45) is 10.8 Å². The molecule has 28 heavy (non-hydrogen) atoms. The molecule has 0 aliphatic carbocycles. The van der Waals surface area contributed by atoms with E-state index in [9.17, 15) is 14.7 Å². The maximum absolute atomic E-state index is 13.1. The molecule has 1 aliphatic rings. The summed E-state index contributed by atoms with van der Waals surface area (Å²) in [5, 5.41) is 16.2. The third-order valence-corrected chi connectivity index (χ3v) is 5.97. The maximum Gasteiger partial charge on any atom is 0.223 e. The number of rotatable bonds is 4. The zero-order valence-corrected chi connectivity index (χ0v) is 19.2. The van der Waals surface area contributed by atoms with Crippen LogP contribution in [0, 0.1) is 10.8 Å². The van der Waals surface area contributed by atoms with Gasteiger partial charge in [-0.15, -0.1) is 11.3 Å². The summed E-state index contributed by atoms with van der Waals surface area (Å²) in [5.74, 6) is -0.0269. The van der Waals surface area contributed by atoms with Gasteiger partial charge in [0, 0.05) is 24.3 Å². The van der Waals surface area contributed by atoms with E-state index in [4.69, 9.17) is 0 Å². The molecule has 1 fully saturated rings. The van der Waals surface area contributed by atoms with Crippen LogP contribution in [0.15, 0.2) is 17.5 Å². The minimum absolute atomic E-state index is 0.0662. The van der Waals surface area contributed by atoms with Crippen molar-refractivity contribution >= 4 is 23.2 Å². The summed E-state index contributed by atoms with van der Waals surface area (Å²) >= 11 is 1.56. The summed E-state index contributed by atoms with van der Waals surface area (Å²) in [4.78, 5) is 28.7. The fourth-order valence-electron chi connectivity index (χ4n) is 3.71. The third kappa shape index (κ3) is 6.05. The lowest BCUT2D eigenvalue weighted by Crippen LogP contribution is -2.63. The highest BCUT2D eigenvalue weighted by Crippen LogP contribution is 2.40. The highest BCUT2D eigenvalue weighted by atomic mass is 32.1. The Hall–Kier alpha value is -1.40. The molecule has 1 saturated heterocycles. The van der Waals surface area contributed by atoms with Crippen LogP contribution in [0.5, 0.6) is 0 Å². The topological polar surface area (TPSA) is 69.6 Å². The second-order valence-corrected chi connectivity index (χ2v) is 11.7.